The maximum atomic E-state index is 14.4. The monoisotopic (exact) mass is 574 g/mol. The predicted octanol–water partition coefficient (Wildman–Crippen LogP) is 6.55. The molecule has 1 aromatic heterocycles. The smallest absolute Gasteiger partial charge is 0.256 e. The number of carbonyl (C=O) groups excluding carboxylic acids is 2. The molecule has 2 saturated heterocycles. The third kappa shape index (κ3) is 5.32. The molecule has 1 aliphatic carbocycles. The number of carbonyl (C=O) groups is 2. The van der Waals surface area contributed by atoms with E-state index in [4.69, 9.17) is 11.6 Å². The molecule has 214 valence electrons. The molecule has 0 saturated carbocycles. The third-order valence-corrected chi connectivity index (χ3v) is 9.89. The molecule has 1 unspecified atom stereocenters. The van der Waals surface area contributed by atoms with Gasteiger partial charge in [0.05, 0.1) is 16.6 Å². The molecule has 3 heterocycles. The number of anilines is 1. The highest BCUT2D eigenvalue weighted by molar-refractivity contribution is 6.33. The largest absolute Gasteiger partial charge is 0.371 e. The molecule has 0 bridgehead atoms. The lowest BCUT2D eigenvalue weighted by Crippen LogP contribution is -2.48. The van der Waals surface area contributed by atoms with Crippen molar-refractivity contribution in [3.63, 3.8) is 0 Å². The van der Waals surface area contributed by atoms with Gasteiger partial charge in [0.2, 0.25) is 0 Å². The first-order valence-electron chi connectivity index (χ1n) is 14.5. The van der Waals surface area contributed by atoms with Crippen molar-refractivity contribution in [1.29, 1.82) is 0 Å². The molecule has 8 heteroatoms. The summed E-state index contributed by atoms with van der Waals surface area (Å²) in [5, 5.41) is 3.07. The molecule has 1 atom stereocenters. The molecule has 3 aliphatic rings. The lowest BCUT2D eigenvalue weighted by molar-refractivity contribution is 0.0515. The van der Waals surface area contributed by atoms with Gasteiger partial charge in [-0.25, -0.2) is 4.39 Å². The van der Waals surface area contributed by atoms with Gasteiger partial charge in [-0.1, -0.05) is 37.6 Å². The molecule has 0 radical (unpaired) electrons. The summed E-state index contributed by atoms with van der Waals surface area (Å²) in [7, 11) is 0. The Bertz CT molecular complexity index is 1440. The fourth-order valence-corrected chi connectivity index (χ4v) is 7.31. The number of nitrogens with one attached hydrogen (secondary N) is 1. The number of fused-ring (bicyclic) bond motifs is 1. The highest BCUT2D eigenvalue weighted by Crippen LogP contribution is 2.46. The van der Waals surface area contributed by atoms with E-state index in [2.05, 4.69) is 41.2 Å². The fraction of sp³-hybridized carbons (Fsp3) is 0.424. The van der Waals surface area contributed by atoms with Crippen LogP contribution >= 0.6 is 11.6 Å². The lowest BCUT2D eigenvalue weighted by Gasteiger charge is -2.47. The van der Waals surface area contributed by atoms with Crippen molar-refractivity contribution < 1.29 is 14.0 Å². The van der Waals surface area contributed by atoms with Crippen LogP contribution in [0, 0.1) is 11.2 Å². The second-order valence-electron chi connectivity index (χ2n) is 12.5. The number of aromatic nitrogens is 1. The zero-order chi connectivity index (χ0) is 28.8. The molecule has 1 spiro atoms. The van der Waals surface area contributed by atoms with Gasteiger partial charge in [0.25, 0.3) is 11.8 Å². The maximum absolute atomic E-state index is 14.4. The number of piperidine rings is 2. The van der Waals surface area contributed by atoms with Crippen molar-refractivity contribution >= 4 is 29.1 Å². The van der Waals surface area contributed by atoms with Crippen LogP contribution in [0.5, 0.6) is 0 Å². The van der Waals surface area contributed by atoms with Crippen LogP contribution in [0.3, 0.4) is 0 Å². The van der Waals surface area contributed by atoms with E-state index < -0.39 is 11.7 Å². The first kappa shape index (κ1) is 27.7. The number of hydrogen-bond donors (Lipinski definition) is 1. The molecule has 2 fully saturated rings. The van der Waals surface area contributed by atoms with Crippen LogP contribution in [0.4, 0.5) is 10.1 Å². The van der Waals surface area contributed by atoms with E-state index in [0.29, 0.717) is 17.4 Å². The Balaban J connectivity index is 1.13. The SMILES string of the molecule is CC1(C)CC(NC(=O)c2c(F)cccc2Cl)c2cc(C(=O)N3CCC4(CC3)CCN(c3ccncc3)CC4)ccc21. The van der Waals surface area contributed by atoms with Gasteiger partial charge in [-0.05, 0) is 90.5 Å². The van der Waals surface area contributed by atoms with Crippen molar-refractivity contribution in [2.75, 3.05) is 31.1 Å². The zero-order valence-electron chi connectivity index (χ0n) is 23.6. The minimum Gasteiger partial charge on any atom is -0.371 e. The fourth-order valence-electron chi connectivity index (χ4n) is 7.07. The summed E-state index contributed by atoms with van der Waals surface area (Å²) >= 11 is 6.15. The molecule has 6 rings (SSSR count). The second-order valence-corrected chi connectivity index (χ2v) is 12.9. The quantitative estimate of drug-likeness (QED) is 0.384. The summed E-state index contributed by atoms with van der Waals surface area (Å²) in [6, 6.07) is 13.9. The van der Waals surface area contributed by atoms with Crippen LogP contribution < -0.4 is 10.2 Å². The Morgan fingerprint density at radius 3 is 2.34 bits per heavy atom. The second kappa shape index (κ2) is 10.8. The molecular weight excluding hydrogens is 539 g/mol. The molecule has 2 aromatic carbocycles. The van der Waals surface area contributed by atoms with Crippen LogP contribution in [0.25, 0.3) is 0 Å². The predicted molar refractivity (Wildman–Crippen MR) is 159 cm³/mol. The molecule has 2 amide bonds. The maximum Gasteiger partial charge on any atom is 0.256 e. The first-order valence-corrected chi connectivity index (χ1v) is 14.9. The normalized spacial score (nSPS) is 21.0. The van der Waals surface area contributed by atoms with Crippen molar-refractivity contribution in [1.82, 2.24) is 15.2 Å². The van der Waals surface area contributed by atoms with E-state index in [0.717, 1.165) is 63.0 Å². The van der Waals surface area contributed by atoms with Crippen molar-refractivity contribution in [2.45, 2.75) is 57.4 Å². The van der Waals surface area contributed by atoms with Gasteiger partial charge in [-0.3, -0.25) is 14.6 Å². The van der Waals surface area contributed by atoms with E-state index in [9.17, 15) is 14.0 Å². The van der Waals surface area contributed by atoms with Gasteiger partial charge in [0.15, 0.2) is 0 Å². The van der Waals surface area contributed by atoms with Crippen LogP contribution in [0.2, 0.25) is 5.02 Å². The van der Waals surface area contributed by atoms with Crippen molar-refractivity contribution in [3.05, 3.63) is 94.0 Å². The van der Waals surface area contributed by atoms with Gasteiger partial charge in [0.1, 0.15) is 5.82 Å². The molecule has 2 aliphatic heterocycles. The number of nitrogens with zero attached hydrogens (tertiary/aromatic N) is 3. The van der Waals surface area contributed by atoms with Crippen molar-refractivity contribution in [3.8, 4) is 0 Å². The number of amides is 2. The van der Waals surface area contributed by atoms with Gasteiger partial charge < -0.3 is 15.1 Å². The Morgan fingerprint density at radius 1 is 0.976 bits per heavy atom. The zero-order valence-corrected chi connectivity index (χ0v) is 24.4. The van der Waals surface area contributed by atoms with Crippen LogP contribution in [0.1, 0.15) is 83.8 Å². The summed E-state index contributed by atoms with van der Waals surface area (Å²) in [6.07, 6.45) is 8.65. The average Bonchev–Trinajstić information content (AvgIpc) is 3.22. The van der Waals surface area contributed by atoms with Crippen LogP contribution in [-0.2, 0) is 5.41 Å². The molecule has 6 nitrogen and oxygen atoms in total. The summed E-state index contributed by atoms with van der Waals surface area (Å²) < 4.78 is 14.4. The highest BCUT2D eigenvalue weighted by Gasteiger charge is 2.41. The minimum absolute atomic E-state index is 0.0313. The summed E-state index contributed by atoms with van der Waals surface area (Å²) in [5.41, 5.74) is 3.82. The molecule has 1 N–H and O–H groups in total. The Kier molecular flexibility index (Phi) is 7.26. The van der Waals surface area contributed by atoms with Gasteiger partial charge >= 0.3 is 0 Å². The summed E-state index contributed by atoms with van der Waals surface area (Å²) in [6.45, 7) is 7.82. The Labute approximate surface area is 245 Å². The molecule has 3 aromatic rings. The van der Waals surface area contributed by atoms with Crippen LogP contribution in [0.15, 0.2) is 60.9 Å². The number of halogens is 2. The summed E-state index contributed by atoms with van der Waals surface area (Å²) in [4.78, 5) is 35.3. The minimum atomic E-state index is -0.651. The van der Waals surface area contributed by atoms with Crippen LogP contribution in [-0.4, -0.2) is 47.9 Å². The number of benzene rings is 2. The summed E-state index contributed by atoms with van der Waals surface area (Å²) in [5.74, 6) is -1.17. The number of likely N-dealkylation sites (tertiary alicyclic amines) is 1. The van der Waals surface area contributed by atoms with Gasteiger partial charge in [-0.2, -0.15) is 0 Å². The van der Waals surface area contributed by atoms with E-state index in [-0.39, 0.29) is 28.0 Å². The lowest BCUT2D eigenvalue weighted by atomic mass is 9.71. The van der Waals surface area contributed by atoms with E-state index in [1.807, 2.05) is 35.5 Å². The molecular formula is C33H36ClFN4O2. The third-order valence-electron chi connectivity index (χ3n) is 9.58. The standard InChI is InChI=1S/C33H36ClFN4O2/c1-32(2)21-28(37-30(40)29-26(34)4-3-5-27(29)35)24-20-22(6-7-25(24)32)31(41)39-18-12-33(13-19-39)10-16-38(17-11-33)23-8-14-36-15-9-23/h3-9,14-15,20,28H,10-13,16-19,21H2,1-2H3,(H,37,40). The Morgan fingerprint density at radius 2 is 1.66 bits per heavy atom. The first-order chi connectivity index (χ1) is 19.7. The van der Waals surface area contributed by atoms with Gasteiger partial charge in [0, 0.05) is 49.8 Å². The number of hydrogen-bond acceptors (Lipinski definition) is 4. The van der Waals surface area contributed by atoms with Crippen molar-refractivity contribution in [2.24, 2.45) is 5.41 Å². The average molecular weight is 575 g/mol. The number of pyridine rings is 1. The van der Waals surface area contributed by atoms with Gasteiger partial charge in [-0.15, -0.1) is 0 Å². The van der Waals surface area contributed by atoms with E-state index >= 15 is 0 Å². The molecule has 41 heavy (non-hydrogen) atoms. The Hall–Kier alpha value is -3.45. The number of rotatable bonds is 4. The highest BCUT2D eigenvalue weighted by atomic mass is 35.5. The van der Waals surface area contributed by atoms with E-state index in [1.54, 1.807) is 0 Å². The van der Waals surface area contributed by atoms with E-state index in [1.165, 1.54) is 23.9 Å². The topological polar surface area (TPSA) is 65.5 Å².